The Labute approximate surface area is 90.7 Å². The van der Waals surface area contributed by atoms with E-state index in [2.05, 4.69) is 26.5 Å². The van der Waals surface area contributed by atoms with E-state index in [0.29, 0.717) is 0 Å². The summed E-state index contributed by atoms with van der Waals surface area (Å²) in [7, 11) is 0. The summed E-state index contributed by atoms with van der Waals surface area (Å²) in [5.74, 6) is 0. The lowest BCUT2D eigenvalue weighted by Gasteiger charge is -1.97. The summed E-state index contributed by atoms with van der Waals surface area (Å²) in [5, 5.41) is 13.3. The minimum Gasteiger partial charge on any atom is -0.245 e. The van der Waals surface area contributed by atoms with E-state index in [1.54, 1.807) is 0 Å². The highest BCUT2D eigenvalue weighted by Gasteiger charge is 2.16. The third kappa shape index (κ3) is 0.839. The Morgan fingerprint density at radius 3 is 2.69 bits per heavy atom. The highest BCUT2D eigenvalue weighted by Crippen LogP contribution is 2.31. The maximum absolute atomic E-state index is 4.57. The SMILES string of the molecule is c1ccc2c(c1)N=c1c-2ccc2c1=NN=N2. The van der Waals surface area contributed by atoms with Gasteiger partial charge in [-0.3, -0.25) is 0 Å². The van der Waals surface area contributed by atoms with Gasteiger partial charge in [0.05, 0.1) is 5.69 Å². The summed E-state index contributed by atoms with van der Waals surface area (Å²) in [6.07, 6.45) is 0. The average molecular weight is 206 g/mol. The van der Waals surface area contributed by atoms with E-state index in [1.807, 2.05) is 30.3 Å². The molecule has 0 aromatic heterocycles. The molecular formula is C12H6N4. The lowest BCUT2D eigenvalue weighted by molar-refractivity contribution is 1.07. The average Bonchev–Trinajstić information content (AvgIpc) is 2.92. The highest BCUT2D eigenvalue weighted by atomic mass is 15.4. The molecule has 4 heteroatoms. The first-order valence-electron chi connectivity index (χ1n) is 5.03. The molecule has 0 bridgehead atoms. The molecule has 16 heavy (non-hydrogen) atoms. The van der Waals surface area contributed by atoms with Gasteiger partial charge in [-0.15, -0.1) is 10.2 Å². The van der Waals surface area contributed by atoms with Gasteiger partial charge in [0.2, 0.25) is 0 Å². The van der Waals surface area contributed by atoms with Gasteiger partial charge in [0.25, 0.3) is 0 Å². The van der Waals surface area contributed by atoms with Crippen molar-refractivity contribution in [2.45, 2.75) is 0 Å². The van der Waals surface area contributed by atoms with Crippen molar-refractivity contribution in [3.63, 3.8) is 0 Å². The summed E-state index contributed by atoms with van der Waals surface area (Å²) in [5.41, 5.74) is 4.07. The second-order valence-electron chi connectivity index (χ2n) is 3.75. The maximum Gasteiger partial charge on any atom is 0.141 e. The van der Waals surface area contributed by atoms with Crippen molar-refractivity contribution in [1.82, 2.24) is 0 Å². The van der Waals surface area contributed by atoms with Gasteiger partial charge in [-0.05, 0) is 23.4 Å². The molecule has 2 aromatic carbocycles. The fourth-order valence-electron chi connectivity index (χ4n) is 2.11. The number of para-hydroxylation sites is 1. The van der Waals surface area contributed by atoms with Crippen molar-refractivity contribution in [2.24, 2.45) is 20.4 Å². The Kier molecular flexibility index (Phi) is 1.28. The van der Waals surface area contributed by atoms with E-state index >= 15 is 0 Å². The van der Waals surface area contributed by atoms with E-state index in [0.717, 1.165) is 33.2 Å². The monoisotopic (exact) mass is 206 g/mol. The molecule has 74 valence electrons. The third-order valence-electron chi connectivity index (χ3n) is 2.85. The van der Waals surface area contributed by atoms with Crippen LogP contribution in [0.15, 0.2) is 56.8 Å². The molecule has 0 aliphatic carbocycles. The van der Waals surface area contributed by atoms with Crippen LogP contribution < -0.4 is 10.7 Å². The summed E-state index contributed by atoms with van der Waals surface area (Å²) in [4.78, 5) is 4.57. The molecule has 0 spiro atoms. The lowest BCUT2D eigenvalue weighted by Crippen LogP contribution is -2.24. The Morgan fingerprint density at radius 2 is 1.69 bits per heavy atom. The molecule has 2 aromatic rings. The molecular weight excluding hydrogens is 200 g/mol. The van der Waals surface area contributed by atoms with Crippen molar-refractivity contribution in [2.75, 3.05) is 0 Å². The molecule has 2 heterocycles. The number of benzene rings is 2. The van der Waals surface area contributed by atoms with Gasteiger partial charge in [0.1, 0.15) is 16.4 Å². The van der Waals surface area contributed by atoms with Gasteiger partial charge >= 0.3 is 0 Å². The Morgan fingerprint density at radius 1 is 0.750 bits per heavy atom. The molecule has 0 unspecified atom stereocenters. The van der Waals surface area contributed by atoms with Crippen molar-refractivity contribution in [1.29, 1.82) is 0 Å². The van der Waals surface area contributed by atoms with Gasteiger partial charge in [0, 0.05) is 11.1 Å². The van der Waals surface area contributed by atoms with Gasteiger partial charge in [-0.25, -0.2) is 4.99 Å². The number of nitrogens with zero attached hydrogens (tertiary/aromatic N) is 4. The normalized spacial score (nSPS) is 13.8. The van der Waals surface area contributed by atoms with Crippen molar-refractivity contribution < 1.29 is 0 Å². The quantitative estimate of drug-likeness (QED) is 0.541. The molecule has 0 radical (unpaired) electrons. The molecule has 0 saturated carbocycles. The first-order chi connectivity index (χ1) is 7.93. The number of hydrogen-bond donors (Lipinski definition) is 0. The van der Waals surface area contributed by atoms with E-state index in [4.69, 9.17) is 0 Å². The van der Waals surface area contributed by atoms with Crippen molar-refractivity contribution >= 4 is 11.4 Å². The molecule has 0 atom stereocenters. The molecule has 2 aliphatic rings. The second-order valence-corrected chi connectivity index (χ2v) is 3.75. The van der Waals surface area contributed by atoms with E-state index in [1.165, 1.54) is 0 Å². The van der Waals surface area contributed by atoms with E-state index in [-0.39, 0.29) is 0 Å². The zero-order valence-corrected chi connectivity index (χ0v) is 8.25. The Bertz CT molecular complexity index is 759. The van der Waals surface area contributed by atoms with Crippen LogP contribution in [0.3, 0.4) is 0 Å². The summed E-state index contributed by atoms with van der Waals surface area (Å²) in [6.45, 7) is 0. The van der Waals surface area contributed by atoms with E-state index in [9.17, 15) is 0 Å². The number of fused-ring (bicyclic) bond motifs is 5. The van der Waals surface area contributed by atoms with Crippen LogP contribution in [0.4, 0.5) is 11.4 Å². The Hall–Kier alpha value is -2.36. The van der Waals surface area contributed by atoms with Crippen LogP contribution in [-0.4, -0.2) is 0 Å². The Balaban J connectivity index is 2.21. The van der Waals surface area contributed by atoms with E-state index < -0.39 is 0 Å². The molecule has 4 rings (SSSR count). The lowest BCUT2D eigenvalue weighted by atomic mass is 10.1. The van der Waals surface area contributed by atoms with Crippen LogP contribution in [0.2, 0.25) is 0 Å². The number of rotatable bonds is 0. The minimum atomic E-state index is 0.786. The van der Waals surface area contributed by atoms with Gasteiger partial charge in [0.15, 0.2) is 0 Å². The van der Waals surface area contributed by atoms with Crippen LogP contribution in [-0.2, 0) is 0 Å². The maximum atomic E-state index is 4.57. The largest absolute Gasteiger partial charge is 0.245 e. The first-order valence-corrected chi connectivity index (χ1v) is 5.03. The van der Waals surface area contributed by atoms with Gasteiger partial charge in [-0.1, -0.05) is 18.2 Å². The molecule has 0 N–H and O–H groups in total. The third-order valence-corrected chi connectivity index (χ3v) is 2.85. The number of hydrogen-bond acceptors (Lipinski definition) is 4. The molecule has 2 aliphatic heterocycles. The molecule has 0 amide bonds. The van der Waals surface area contributed by atoms with Crippen LogP contribution in [0, 0.1) is 0 Å². The van der Waals surface area contributed by atoms with Crippen LogP contribution in [0.5, 0.6) is 0 Å². The second kappa shape index (κ2) is 2.61. The fraction of sp³-hybridized carbons (Fsp3) is 0. The predicted octanol–water partition coefficient (Wildman–Crippen LogP) is 2.25. The topological polar surface area (TPSA) is 49.4 Å². The highest BCUT2D eigenvalue weighted by molar-refractivity contribution is 5.79. The summed E-state index contributed by atoms with van der Waals surface area (Å²) < 4.78 is 0. The summed E-state index contributed by atoms with van der Waals surface area (Å²) in [6, 6.07) is 12.0. The van der Waals surface area contributed by atoms with Gasteiger partial charge < -0.3 is 0 Å². The predicted molar refractivity (Wildman–Crippen MR) is 58.4 cm³/mol. The summed E-state index contributed by atoms with van der Waals surface area (Å²) >= 11 is 0. The fourth-order valence-corrected chi connectivity index (χ4v) is 2.11. The molecule has 0 fully saturated rings. The van der Waals surface area contributed by atoms with Crippen LogP contribution in [0.25, 0.3) is 11.1 Å². The first kappa shape index (κ1) is 7.87. The van der Waals surface area contributed by atoms with Gasteiger partial charge in [-0.2, -0.15) is 0 Å². The zero-order chi connectivity index (χ0) is 10.5. The van der Waals surface area contributed by atoms with Crippen LogP contribution >= 0.6 is 0 Å². The standard InChI is InChI=1S/C12H6N4/c1-2-4-9-7(3-1)8-5-6-10-12(11(8)13-9)15-16-14-10/h1-6H. The smallest absolute Gasteiger partial charge is 0.141 e. The minimum absolute atomic E-state index is 0.786. The van der Waals surface area contributed by atoms with Crippen molar-refractivity contribution in [3.05, 3.63) is 47.1 Å². The molecule has 4 nitrogen and oxygen atoms in total. The van der Waals surface area contributed by atoms with Crippen LogP contribution in [0.1, 0.15) is 0 Å². The zero-order valence-electron chi connectivity index (χ0n) is 8.25. The van der Waals surface area contributed by atoms with Crippen molar-refractivity contribution in [3.8, 4) is 11.1 Å². The molecule has 0 saturated heterocycles.